The first-order chi connectivity index (χ1) is 18.3. The molecule has 3 aliphatic rings. The number of amides is 3. The Morgan fingerprint density at radius 1 is 1.18 bits per heavy atom. The fourth-order valence-corrected chi connectivity index (χ4v) is 6.41. The van der Waals surface area contributed by atoms with E-state index in [0.717, 1.165) is 19.3 Å². The molecule has 3 unspecified atom stereocenters. The molecule has 0 bridgehead atoms. The van der Waals surface area contributed by atoms with Crippen molar-refractivity contribution in [1.29, 1.82) is 0 Å². The zero-order valence-corrected chi connectivity index (χ0v) is 23.3. The van der Waals surface area contributed by atoms with Gasteiger partial charge in [-0.15, -0.1) is 0 Å². The van der Waals surface area contributed by atoms with Crippen LogP contribution in [0, 0.1) is 28.6 Å². The molecule has 5 rings (SSSR count). The molecular formula is C29H39N5O5. The summed E-state index contributed by atoms with van der Waals surface area (Å²) in [6, 6.07) is 5.15. The van der Waals surface area contributed by atoms with Gasteiger partial charge in [0, 0.05) is 6.54 Å². The summed E-state index contributed by atoms with van der Waals surface area (Å²) in [5.41, 5.74) is 5.96. The van der Waals surface area contributed by atoms with Crippen molar-refractivity contribution in [3.05, 3.63) is 24.3 Å². The number of hydrogen-bond acceptors (Lipinski definition) is 7. The van der Waals surface area contributed by atoms with Crippen molar-refractivity contribution in [2.45, 2.75) is 78.4 Å². The van der Waals surface area contributed by atoms with E-state index in [4.69, 9.17) is 10.2 Å². The van der Waals surface area contributed by atoms with Crippen LogP contribution in [0.5, 0.6) is 0 Å². The van der Waals surface area contributed by atoms with Gasteiger partial charge in [-0.1, -0.05) is 66.0 Å². The summed E-state index contributed by atoms with van der Waals surface area (Å²) in [6.07, 6.45) is 3.37. The van der Waals surface area contributed by atoms with Gasteiger partial charge >= 0.3 is 0 Å². The molecule has 210 valence electrons. The molecule has 2 saturated carbocycles. The Labute approximate surface area is 228 Å². The third kappa shape index (κ3) is 5.01. The van der Waals surface area contributed by atoms with Gasteiger partial charge in [-0.05, 0) is 47.1 Å². The number of nitrogens with zero attached hydrogens (tertiary/aromatic N) is 2. The van der Waals surface area contributed by atoms with Crippen LogP contribution in [0.4, 0.5) is 6.01 Å². The third-order valence-corrected chi connectivity index (χ3v) is 9.10. The second-order valence-corrected chi connectivity index (χ2v) is 13.1. The Morgan fingerprint density at radius 2 is 1.87 bits per heavy atom. The standard InChI is InChI=1S/C29H39N5O5/c1-28(2,3)23(33-27-32-17-11-6-7-12-19(17)39-27)26(38)34-14-16-20(29(16,4)5)21(34)25(37)31-18(22(35)24(30)36)13-15-9-8-10-15/h6-7,11-12,15-16,18,20-21,23H,8-10,13-14H2,1-5H3,(H2,30,36)(H,31,37)(H,32,33)/t16-,18?,20?,21?,23-/m1/s1. The highest BCUT2D eigenvalue weighted by Crippen LogP contribution is 2.65. The number of hydrogen-bond donors (Lipinski definition) is 3. The largest absolute Gasteiger partial charge is 0.424 e. The lowest BCUT2D eigenvalue weighted by atomic mass is 9.80. The number of para-hydroxylation sites is 2. The summed E-state index contributed by atoms with van der Waals surface area (Å²) >= 11 is 0. The number of nitrogens with one attached hydrogen (secondary N) is 2. The average molecular weight is 538 g/mol. The summed E-state index contributed by atoms with van der Waals surface area (Å²) in [5, 5.41) is 6.02. The third-order valence-electron chi connectivity index (χ3n) is 9.10. The normalized spacial score (nSPS) is 25.4. The highest BCUT2D eigenvalue weighted by atomic mass is 16.4. The molecule has 39 heavy (non-hydrogen) atoms. The molecule has 3 fully saturated rings. The molecular weight excluding hydrogens is 498 g/mol. The number of primary amides is 1. The fraction of sp³-hybridized carbons (Fsp3) is 0.621. The molecule has 1 aromatic carbocycles. The number of rotatable bonds is 9. The molecule has 2 heterocycles. The first-order valence-corrected chi connectivity index (χ1v) is 13.9. The van der Waals surface area contributed by atoms with E-state index in [1.165, 1.54) is 0 Å². The summed E-state index contributed by atoms with van der Waals surface area (Å²) in [4.78, 5) is 58.4. The zero-order valence-electron chi connectivity index (χ0n) is 23.3. The number of fused-ring (bicyclic) bond motifs is 2. The van der Waals surface area contributed by atoms with Gasteiger partial charge in [0.2, 0.25) is 17.6 Å². The molecule has 10 nitrogen and oxygen atoms in total. The van der Waals surface area contributed by atoms with Gasteiger partial charge in [-0.2, -0.15) is 4.98 Å². The minimum Gasteiger partial charge on any atom is -0.424 e. The molecule has 0 radical (unpaired) electrons. The fourth-order valence-electron chi connectivity index (χ4n) is 6.41. The highest BCUT2D eigenvalue weighted by molar-refractivity contribution is 6.37. The van der Waals surface area contributed by atoms with Crippen LogP contribution in [0.25, 0.3) is 11.1 Å². The number of anilines is 1. The SMILES string of the molecule is CC(C)(C)[C@H](Nc1nc2ccccc2o1)C(=O)N1C[C@@H]2C(C1C(=O)NC(CC1CCC1)C(=O)C(N)=O)C2(C)C. The number of nitrogens with two attached hydrogens (primary N) is 1. The Balaban J connectivity index is 1.39. The number of piperidine rings is 1. The van der Waals surface area contributed by atoms with Crippen LogP contribution in [-0.2, 0) is 19.2 Å². The maximum absolute atomic E-state index is 14.1. The van der Waals surface area contributed by atoms with E-state index in [1.807, 2.05) is 45.0 Å². The lowest BCUT2D eigenvalue weighted by molar-refractivity contribution is -0.144. The van der Waals surface area contributed by atoms with Crippen LogP contribution in [0.15, 0.2) is 28.7 Å². The van der Waals surface area contributed by atoms with Crippen LogP contribution in [0.3, 0.4) is 0 Å². The number of carbonyl (C=O) groups excluding carboxylic acids is 4. The number of oxazole rings is 1. The lowest BCUT2D eigenvalue weighted by Crippen LogP contribution is -2.58. The van der Waals surface area contributed by atoms with Crippen molar-refractivity contribution < 1.29 is 23.6 Å². The second-order valence-electron chi connectivity index (χ2n) is 13.1. The van der Waals surface area contributed by atoms with Gasteiger partial charge in [-0.25, -0.2) is 0 Å². The number of carbonyl (C=O) groups is 4. The van der Waals surface area contributed by atoms with E-state index in [1.54, 1.807) is 4.90 Å². The van der Waals surface area contributed by atoms with Crippen molar-refractivity contribution in [2.24, 2.45) is 34.3 Å². The maximum atomic E-state index is 14.1. The monoisotopic (exact) mass is 537 g/mol. The molecule has 2 aromatic rings. The van der Waals surface area contributed by atoms with Gasteiger partial charge in [0.15, 0.2) is 5.58 Å². The van der Waals surface area contributed by atoms with Crippen molar-refractivity contribution in [1.82, 2.24) is 15.2 Å². The molecule has 5 atom stereocenters. The average Bonchev–Trinajstić information content (AvgIpc) is 3.19. The van der Waals surface area contributed by atoms with Crippen LogP contribution in [-0.4, -0.2) is 58.1 Å². The van der Waals surface area contributed by atoms with E-state index in [9.17, 15) is 19.2 Å². The molecule has 1 saturated heterocycles. The van der Waals surface area contributed by atoms with Crippen molar-refractivity contribution in [3.63, 3.8) is 0 Å². The number of Topliss-reactive ketones (excluding diaryl/α,β-unsaturated/α-hetero) is 1. The van der Waals surface area contributed by atoms with E-state index >= 15 is 0 Å². The summed E-state index contributed by atoms with van der Waals surface area (Å²) in [5.74, 6) is -2.09. The smallest absolute Gasteiger partial charge is 0.296 e. The summed E-state index contributed by atoms with van der Waals surface area (Å²) in [7, 11) is 0. The number of likely N-dealkylation sites (tertiary alicyclic amines) is 1. The molecule has 3 amide bonds. The van der Waals surface area contributed by atoms with Crippen molar-refractivity contribution in [2.75, 3.05) is 11.9 Å². The summed E-state index contributed by atoms with van der Waals surface area (Å²) in [6.45, 7) is 10.5. The Kier molecular flexibility index (Phi) is 6.71. The first-order valence-electron chi connectivity index (χ1n) is 13.9. The van der Waals surface area contributed by atoms with Gasteiger partial charge < -0.3 is 25.7 Å². The quantitative estimate of drug-likeness (QED) is 0.417. The van der Waals surface area contributed by atoms with E-state index in [0.29, 0.717) is 24.1 Å². The topological polar surface area (TPSA) is 148 Å². The lowest BCUT2D eigenvalue weighted by Gasteiger charge is -2.38. The van der Waals surface area contributed by atoms with Gasteiger partial charge in [0.25, 0.3) is 11.9 Å². The Hall–Kier alpha value is -3.43. The van der Waals surface area contributed by atoms with E-state index < -0.39 is 41.1 Å². The van der Waals surface area contributed by atoms with E-state index in [-0.39, 0.29) is 35.1 Å². The number of ketones is 1. The van der Waals surface area contributed by atoms with Crippen LogP contribution in [0.1, 0.15) is 60.3 Å². The van der Waals surface area contributed by atoms with Crippen molar-refractivity contribution >= 4 is 40.6 Å². The molecule has 2 aliphatic carbocycles. The predicted octanol–water partition coefficient (Wildman–Crippen LogP) is 2.87. The maximum Gasteiger partial charge on any atom is 0.296 e. The minimum atomic E-state index is -1.06. The second kappa shape index (κ2) is 9.64. The van der Waals surface area contributed by atoms with Gasteiger partial charge in [0.1, 0.15) is 17.6 Å². The Bertz CT molecular complexity index is 1270. The van der Waals surface area contributed by atoms with E-state index in [2.05, 4.69) is 29.5 Å². The molecule has 4 N–H and O–H groups in total. The Morgan fingerprint density at radius 3 is 2.46 bits per heavy atom. The predicted molar refractivity (Wildman–Crippen MR) is 145 cm³/mol. The molecule has 10 heteroatoms. The zero-order chi connectivity index (χ0) is 28.3. The number of aromatic nitrogens is 1. The van der Waals surface area contributed by atoms with Crippen molar-refractivity contribution in [3.8, 4) is 0 Å². The van der Waals surface area contributed by atoms with Crippen LogP contribution in [0.2, 0.25) is 0 Å². The van der Waals surface area contributed by atoms with Crippen LogP contribution < -0.4 is 16.4 Å². The highest BCUT2D eigenvalue weighted by Gasteiger charge is 2.69. The molecule has 1 aliphatic heterocycles. The first kappa shape index (κ1) is 27.1. The van der Waals surface area contributed by atoms with Gasteiger partial charge in [-0.3, -0.25) is 19.2 Å². The minimum absolute atomic E-state index is 0.0422. The van der Waals surface area contributed by atoms with Gasteiger partial charge in [0.05, 0.1) is 6.04 Å². The molecule has 1 aromatic heterocycles. The van der Waals surface area contributed by atoms with Crippen LogP contribution >= 0.6 is 0 Å². The summed E-state index contributed by atoms with van der Waals surface area (Å²) < 4.78 is 5.84. The molecule has 0 spiro atoms. The number of benzene rings is 1.